The minimum atomic E-state index is 0.470. The summed E-state index contributed by atoms with van der Waals surface area (Å²) in [6, 6.07) is 13.3. The Morgan fingerprint density at radius 1 is 1.00 bits per heavy atom. The third-order valence-corrected chi connectivity index (χ3v) is 3.89. The number of nitrogen functional groups attached to an aromatic ring is 1. The Hall–Kier alpha value is -2.14. The lowest BCUT2D eigenvalue weighted by Crippen LogP contribution is -1.96. The Balaban J connectivity index is 2.12. The average molecular weight is 330 g/mol. The van der Waals surface area contributed by atoms with Crippen LogP contribution < -0.4 is 10.5 Å². The second kappa shape index (κ2) is 5.09. The summed E-state index contributed by atoms with van der Waals surface area (Å²) in [6.07, 6.45) is 0. The number of benzene rings is 2. The molecule has 1 heterocycles. The number of fused-ring (bicyclic) bond motifs is 1. The molecule has 0 radical (unpaired) electrons. The van der Waals surface area contributed by atoms with Gasteiger partial charge in [-0.1, -0.05) is 24.3 Å². The van der Waals surface area contributed by atoms with Crippen molar-refractivity contribution in [1.82, 2.24) is 10.2 Å². The lowest BCUT2D eigenvalue weighted by molar-refractivity contribution is 0.459. The van der Waals surface area contributed by atoms with Gasteiger partial charge in [0.1, 0.15) is 5.75 Å². The summed E-state index contributed by atoms with van der Waals surface area (Å²) < 4.78 is 6.57. The molecule has 100 valence electrons. The van der Waals surface area contributed by atoms with E-state index >= 15 is 0 Å². The molecule has 20 heavy (non-hydrogen) atoms. The van der Waals surface area contributed by atoms with Crippen molar-refractivity contribution in [2.24, 2.45) is 0 Å². The first-order chi connectivity index (χ1) is 9.66. The van der Waals surface area contributed by atoms with E-state index in [0.717, 1.165) is 16.5 Å². The highest BCUT2D eigenvalue weighted by Crippen LogP contribution is 2.35. The number of aryl methyl sites for hydroxylation is 1. The number of hydrogen-bond donors (Lipinski definition) is 1. The van der Waals surface area contributed by atoms with Crippen LogP contribution in [0, 0.1) is 6.92 Å². The molecule has 3 rings (SSSR count). The van der Waals surface area contributed by atoms with E-state index in [0.29, 0.717) is 21.8 Å². The molecule has 0 unspecified atom stereocenters. The number of halogens is 1. The minimum absolute atomic E-state index is 0.470. The molecule has 0 saturated heterocycles. The molecule has 2 N–H and O–H groups in total. The fourth-order valence-electron chi connectivity index (χ4n) is 2.00. The summed E-state index contributed by atoms with van der Waals surface area (Å²) in [7, 11) is 0. The summed E-state index contributed by atoms with van der Waals surface area (Å²) in [5, 5.41) is 10.2. The molecule has 0 spiro atoms. The molecule has 0 atom stereocenters. The van der Waals surface area contributed by atoms with Crippen LogP contribution in [0.25, 0.3) is 10.8 Å². The van der Waals surface area contributed by atoms with Gasteiger partial charge < -0.3 is 10.5 Å². The number of nitrogens with two attached hydrogens (primary N) is 1. The molecule has 0 amide bonds. The number of ether oxygens (including phenoxy) is 1. The van der Waals surface area contributed by atoms with Gasteiger partial charge in [-0.05, 0) is 41.1 Å². The first kappa shape index (κ1) is 12.9. The number of anilines is 1. The number of rotatable bonds is 2. The second-order valence-corrected chi connectivity index (χ2v) is 5.19. The van der Waals surface area contributed by atoms with Crippen molar-refractivity contribution in [3.63, 3.8) is 0 Å². The molecule has 0 aliphatic rings. The third-order valence-electron chi connectivity index (χ3n) is 3.04. The van der Waals surface area contributed by atoms with Crippen LogP contribution in [0.4, 0.5) is 5.69 Å². The van der Waals surface area contributed by atoms with Crippen molar-refractivity contribution >= 4 is 32.4 Å². The smallest absolute Gasteiger partial charge is 0.246 e. The van der Waals surface area contributed by atoms with Gasteiger partial charge in [0.2, 0.25) is 5.88 Å². The van der Waals surface area contributed by atoms with Gasteiger partial charge in [-0.2, -0.15) is 5.10 Å². The van der Waals surface area contributed by atoms with Crippen LogP contribution in [0.5, 0.6) is 11.6 Å². The molecule has 0 saturated carbocycles. The van der Waals surface area contributed by atoms with Crippen LogP contribution in [-0.2, 0) is 0 Å². The SMILES string of the molecule is Cc1nnc(Oc2cccc(N)c2Br)c2ccccc12. The first-order valence-corrected chi connectivity index (χ1v) is 6.90. The quantitative estimate of drug-likeness (QED) is 0.720. The first-order valence-electron chi connectivity index (χ1n) is 6.10. The van der Waals surface area contributed by atoms with Crippen molar-refractivity contribution in [2.75, 3.05) is 5.73 Å². The molecular weight excluding hydrogens is 318 g/mol. The van der Waals surface area contributed by atoms with Gasteiger partial charge in [0.15, 0.2) is 0 Å². The molecule has 0 fully saturated rings. The Bertz CT molecular complexity index is 789. The van der Waals surface area contributed by atoms with Crippen LogP contribution >= 0.6 is 15.9 Å². The van der Waals surface area contributed by atoms with E-state index in [9.17, 15) is 0 Å². The summed E-state index contributed by atoms with van der Waals surface area (Å²) in [5.74, 6) is 1.09. The highest BCUT2D eigenvalue weighted by Gasteiger charge is 2.11. The lowest BCUT2D eigenvalue weighted by atomic mass is 10.1. The molecule has 1 aromatic heterocycles. The van der Waals surface area contributed by atoms with Crippen molar-refractivity contribution in [1.29, 1.82) is 0 Å². The molecule has 4 nitrogen and oxygen atoms in total. The van der Waals surface area contributed by atoms with Crippen molar-refractivity contribution in [3.05, 3.63) is 52.6 Å². The second-order valence-electron chi connectivity index (χ2n) is 4.40. The zero-order chi connectivity index (χ0) is 14.1. The number of hydrogen-bond acceptors (Lipinski definition) is 4. The Labute approximate surface area is 124 Å². The minimum Gasteiger partial charge on any atom is -0.436 e. The van der Waals surface area contributed by atoms with Gasteiger partial charge in [0, 0.05) is 16.5 Å². The molecule has 0 aliphatic carbocycles. The summed E-state index contributed by atoms with van der Waals surface area (Å²) in [6.45, 7) is 1.93. The van der Waals surface area contributed by atoms with Crippen LogP contribution in [0.1, 0.15) is 5.69 Å². The fourth-order valence-corrected chi connectivity index (χ4v) is 2.34. The Morgan fingerprint density at radius 3 is 2.55 bits per heavy atom. The molecule has 2 aromatic carbocycles. The Kier molecular flexibility index (Phi) is 3.28. The molecular formula is C15H12BrN3O. The van der Waals surface area contributed by atoms with E-state index in [2.05, 4.69) is 26.1 Å². The van der Waals surface area contributed by atoms with E-state index in [1.165, 1.54) is 0 Å². The van der Waals surface area contributed by atoms with E-state index in [-0.39, 0.29) is 0 Å². The standard InChI is InChI=1S/C15H12BrN3O/c1-9-10-5-2-3-6-11(10)15(19-18-9)20-13-8-4-7-12(17)14(13)16/h2-8H,17H2,1H3. The Morgan fingerprint density at radius 2 is 1.75 bits per heavy atom. The molecule has 0 bridgehead atoms. The molecule has 5 heteroatoms. The third kappa shape index (κ3) is 2.20. The van der Waals surface area contributed by atoms with Crippen LogP contribution in [0.15, 0.2) is 46.9 Å². The maximum atomic E-state index is 5.86. The van der Waals surface area contributed by atoms with E-state index in [1.807, 2.05) is 43.3 Å². The van der Waals surface area contributed by atoms with Crippen LogP contribution in [0.3, 0.4) is 0 Å². The van der Waals surface area contributed by atoms with Gasteiger partial charge in [0.05, 0.1) is 10.2 Å². The zero-order valence-corrected chi connectivity index (χ0v) is 12.4. The highest BCUT2D eigenvalue weighted by atomic mass is 79.9. The van der Waals surface area contributed by atoms with Gasteiger partial charge in [0.25, 0.3) is 0 Å². The largest absolute Gasteiger partial charge is 0.436 e. The van der Waals surface area contributed by atoms with Crippen LogP contribution in [-0.4, -0.2) is 10.2 Å². The topological polar surface area (TPSA) is 61.0 Å². The normalized spacial score (nSPS) is 10.7. The summed E-state index contributed by atoms with van der Waals surface area (Å²) >= 11 is 3.42. The van der Waals surface area contributed by atoms with Crippen molar-refractivity contribution < 1.29 is 4.74 Å². The zero-order valence-electron chi connectivity index (χ0n) is 10.8. The van der Waals surface area contributed by atoms with E-state index < -0.39 is 0 Å². The van der Waals surface area contributed by atoms with Gasteiger partial charge in [-0.15, -0.1) is 5.10 Å². The maximum absolute atomic E-state index is 5.86. The predicted octanol–water partition coefficient (Wildman–Crippen LogP) is 4.08. The van der Waals surface area contributed by atoms with E-state index in [4.69, 9.17) is 10.5 Å². The number of aromatic nitrogens is 2. The van der Waals surface area contributed by atoms with Gasteiger partial charge >= 0.3 is 0 Å². The lowest BCUT2D eigenvalue weighted by Gasteiger charge is -2.10. The molecule has 0 aliphatic heterocycles. The van der Waals surface area contributed by atoms with E-state index in [1.54, 1.807) is 6.07 Å². The van der Waals surface area contributed by atoms with Gasteiger partial charge in [-0.25, -0.2) is 0 Å². The summed E-state index contributed by atoms with van der Waals surface area (Å²) in [5.41, 5.74) is 7.34. The number of nitrogens with zero attached hydrogens (tertiary/aromatic N) is 2. The average Bonchev–Trinajstić information content (AvgIpc) is 2.47. The van der Waals surface area contributed by atoms with Crippen molar-refractivity contribution in [2.45, 2.75) is 6.92 Å². The highest BCUT2D eigenvalue weighted by molar-refractivity contribution is 9.10. The van der Waals surface area contributed by atoms with Crippen LogP contribution in [0.2, 0.25) is 0 Å². The monoisotopic (exact) mass is 329 g/mol. The summed E-state index contributed by atoms with van der Waals surface area (Å²) in [4.78, 5) is 0. The molecule has 3 aromatic rings. The fraction of sp³-hybridized carbons (Fsp3) is 0.0667. The van der Waals surface area contributed by atoms with Crippen molar-refractivity contribution in [3.8, 4) is 11.6 Å². The predicted molar refractivity (Wildman–Crippen MR) is 82.9 cm³/mol. The van der Waals surface area contributed by atoms with Gasteiger partial charge in [-0.3, -0.25) is 0 Å². The maximum Gasteiger partial charge on any atom is 0.246 e.